The van der Waals surface area contributed by atoms with Gasteiger partial charge in [-0.05, 0) is 44.4 Å². The van der Waals surface area contributed by atoms with Crippen molar-refractivity contribution in [2.75, 3.05) is 18.0 Å². The highest BCUT2D eigenvalue weighted by Crippen LogP contribution is 2.41. The van der Waals surface area contributed by atoms with Crippen molar-refractivity contribution in [3.8, 4) is 0 Å². The van der Waals surface area contributed by atoms with Crippen molar-refractivity contribution in [3.63, 3.8) is 0 Å². The Morgan fingerprint density at radius 2 is 1.91 bits per heavy atom. The molecular weight excluding hydrogens is 294 g/mol. The molecule has 3 atom stereocenters. The van der Waals surface area contributed by atoms with E-state index in [2.05, 4.69) is 4.90 Å². The number of aryl methyl sites for hydroxylation is 1. The van der Waals surface area contributed by atoms with E-state index in [4.69, 9.17) is 0 Å². The molecule has 1 aliphatic carbocycles. The summed E-state index contributed by atoms with van der Waals surface area (Å²) in [5.74, 6) is -0.264. The van der Waals surface area contributed by atoms with Gasteiger partial charge in [-0.1, -0.05) is 31.2 Å². The Labute approximate surface area is 137 Å². The van der Waals surface area contributed by atoms with E-state index in [1.807, 2.05) is 44.7 Å². The number of rotatable bonds is 2. The highest BCUT2D eigenvalue weighted by atomic mass is 19.1. The van der Waals surface area contributed by atoms with Gasteiger partial charge in [0.05, 0.1) is 17.4 Å². The van der Waals surface area contributed by atoms with Crippen molar-refractivity contribution in [2.24, 2.45) is 5.92 Å². The minimum atomic E-state index is -0.678. The van der Waals surface area contributed by atoms with Crippen molar-refractivity contribution >= 4 is 5.69 Å². The molecule has 0 amide bonds. The summed E-state index contributed by atoms with van der Waals surface area (Å²) in [4.78, 5) is 4.20. The number of anilines is 1. The zero-order valence-electron chi connectivity index (χ0n) is 14.2. The average molecular weight is 318 g/mol. The second-order valence-electron chi connectivity index (χ2n) is 6.76. The maximum Gasteiger partial charge on any atom is 0.146 e. The largest absolute Gasteiger partial charge is 0.352 e. The second-order valence-corrected chi connectivity index (χ2v) is 6.76. The van der Waals surface area contributed by atoms with Crippen LogP contribution in [0.4, 0.5) is 14.5 Å². The lowest BCUT2D eigenvalue weighted by atomic mass is 9.80. The van der Waals surface area contributed by atoms with Crippen molar-refractivity contribution < 1.29 is 8.78 Å². The maximum absolute atomic E-state index is 14.7. The molecule has 0 N–H and O–H groups in total. The number of para-hydroxylation sites is 1. The van der Waals surface area contributed by atoms with Gasteiger partial charge in [0.15, 0.2) is 0 Å². The van der Waals surface area contributed by atoms with Crippen LogP contribution in [-0.2, 0) is 0 Å². The van der Waals surface area contributed by atoms with E-state index in [0.29, 0.717) is 18.8 Å². The summed E-state index contributed by atoms with van der Waals surface area (Å²) in [7, 11) is 0. The van der Waals surface area contributed by atoms with E-state index in [1.54, 1.807) is 18.2 Å². The van der Waals surface area contributed by atoms with Gasteiger partial charge >= 0.3 is 0 Å². The molecule has 1 aromatic carbocycles. The molecule has 1 aliphatic heterocycles. The monoisotopic (exact) mass is 318 g/mol. The first-order valence-corrected chi connectivity index (χ1v) is 8.20. The van der Waals surface area contributed by atoms with E-state index in [9.17, 15) is 8.78 Å². The molecule has 0 radical (unpaired) electrons. The summed E-state index contributed by atoms with van der Waals surface area (Å²) in [5, 5.41) is 0. The summed E-state index contributed by atoms with van der Waals surface area (Å²) < 4.78 is 29.0. The van der Waals surface area contributed by atoms with Gasteiger partial charge in [0, 0.05) is 13.1 Å². The molecule has 1 aromatic rings. The van der Waals surface area contributed by atoms with E-state index in [-0.39, 0.29) is 23.7 Å². The maximum atomic E-state index is 14.7. The highest BCUT2D eigenvalue weighted by molar-refractivity contribution is 5.56. The van der Waals surface area contributed by atoms with Gasteiger partial charge in [0.2, 0.25) is 0 Å². The summed E-state index contributed by atoms with van der Waals surface area (Å²) in [6.45, 7) is 9.34. The first kappa shape index (κ1) is 16.2. The fourth-order valence-corrected chi connectivity index (χ4v) is 3.94. The molecule has 1 fully saturated rings. The lowest BCUT2D eigenvalue weighted by molar-refractivity contribution is 0.0750. The predicted octanol–water partition coefficient (Wildman–Crippen LogP) is 4.42. The van der Waals surface area contributed by atoms with E-state index in [0.717, 1.165) is 5.56 Å². The summed E-state index contributed by atoms with van der Waals surface area (Å²) >= 11 is 0. The Morgan fingerprint density at radius 3 is 2.57 bits per heavy atom. The van der Waals surface area contributed by atoms with Crippen LogP contribution in [-0.4, -0.2) is 29.7 Å². The Balaban J connectivity index is 1.95. The van der Waals surface area contributed by atoms with Crippen LogP contribution < -0.4 is 4.90 Å². The zero-order valence-corrected chi connectivity index (χ0v) is 14.2. The number of hydrogen-bond donors (Lipinski definition) is 0. The van der Waals surface area contributed by atoms with Crippen LogP contribution in [0.5, 0.6) is 0 Å². The van der Waals surface area contributed by atoms with Gasteiger partial charge in [0.1, 0.15) is 11.6 Å². The topological polar surface area (TPSA) is 6.48 Å². The Hall–Kier alpha value is -1.68. The molecule has 0 spiro atoms. The predicted molar refractivity (Wildman–Crippen MR) is 90.6 cm³/mol. The molecule has 124 valence electrons. The number of benzene rings is 1. The van der Waals surface area contributed by atoms with Crippen molar-refractivity contribution in [2.45, 2.75) is 39.4 Å². The summed E-state index contributed by atoms with van der Waals surface area (Å²) in [6, 6.07) is 5.14. The number of halogens is 2. The first-order chi connectivity index (χ1) is 10.9. The number of allylic oxidation sites excluding steroid dienone is 2. The second kappa shape index (κ2) is 5.75. The van der Waals surface area contributed by atoms with Gasteiger partial charge < -0.3 is 4.90 Å². The normalized spacial score (nSPS) is 31.6. The summed E-state index contributed by atoms with van der Waals surface area (Å²) in [5.41, 5.74) is 0.869. The molecule has 0 saturated carbocycles. The van der Waals surface area contributed by atoms with Crippen LogP contribution in [0.3, 0.4) is 0 Å². The quantitative estimate of drug-likeness (QED) is 0.796. The van der Waals surface area contributed by atoms with Gasteiger partial charge in [-0.15, -0.1) is 0 Å². The van der Waals surface area contributed by atoms with Crippen LogP contribution in [0.25, 0.3) is 0 Å². The first-order valence-electron chi connectivity index (χ1n) is 8.20. The molecule has 2 nitrogen and oxygen atoms in total. The van der Waals surface area contributed by atoms with Gasteiger partial charge in [-0.25, -0.2) is 8.78 Å². The van der Waals surface area contributed by atoms with Gasteiger partial charge in [-0.2, -0.15) is 0 Å². The molecule has 0 bridgehead atoms. The van der Waals surface area contributed by atoms with Crippen LogP contribution in [0.15, 0.2) is 42.3 Å². The Morgan fingerprint density at radius 1 is 1.17 bits per heavy atom. The minimum absolute atomic E-state index is 0.0660. The fourth-order valence-electron chi connectivity index (χ4n) is 3.94. The van der Waals surface area contributed by atoms with Gasteiger partial charge in [-0.3, -0.25) is 4.90 Å². The summed E-state index contributed by atoms with van der Waals surface area (Å²) in [6.07, 6.45) is 5.29. The molecule has 2 aliphatic rings. The standard InChI is InChI=1S/C19H24F2N2/c1-13-7-5-9-16(20)18(13)22-11-12-23(15(22)3)19(4)14(2)8-6-10-17(19)21/h5-10,14-15H,11-12H2,1-4H3/t14?,15-,19?/m0/s1. The third-order valence-electron chi connectivity index (χ3n) is 5.57. The van der Waals surface area contributed by atoms with E-state index < -0.39 is 5.54 Å². The third-order valence-corrected chi connectivity index (χ3v) is 5.57. The van der Waals surface area contributed by atoms with Crippen molar-refractivity contribution in [1.82, 2.24) is 4.90 Å². The van der Waals surface area contributed by atoms with Crippen molar-refractivity contribution in [1.29, 1.82) is 0 Å². The number of nitrogens with zero attached hydrogens (tertiary/aromatic N) is 2. The fraction of sp³-hybridized carbons (Fsp3) is 0.474. The lowest BCUT2D eigenvalue weighted by Gasteiger charge is -2.45. The Kier molecular flexibility index (Phi) is 4.05. The Bertz CT molecular complexity index is 647. The highest BCUT2D eigenvalue weighted by Gasteiger charge is 2.47. The van der Waals surface area contributed by atoms with Crippen molar-refractivity contribution in [3.05, 3.63) is 53.6 Å². The molecule has 1 saturated heterocycles. The zero-order chi connectivity index (χ0) is 16.8. The van der Waals surface area contributed by atoms with E-state index >= 15 is 0 Å². The molecule has 0 aromatic heterocycles. The van der Waals surface area contributed by atoms with Crippen LogP contribution >= 0.6 is 0 Å². The third kappa shape index (κ3) is 2.40. The van der Waals surface area contributed by atoms with E-state index in [1.165, 1.54) is 6.07 Å². The molecular formula is C19H24F2N2. The molecule has 1 heterocycles. The molecule has 4 heteroatoms. The minimum Gasteiger partial charge on any atom is -0.352 e. The SMILES string of the molecule is Cc1cccc(F)c1N1CCN(C2(C)C(F)=CC=CC2C)[C@H]1C. The molecule has 2 unspecified atom stereocenters. The average Bonchev–Trinajstić information content (AvgIpc) is 2.87. The number of hydrogen-bond acceptors (Lipinski definition) is 2. The van der Waals surface area contributed by atoms with Gasteiger partial charge in [0.25, 0.3) is 0 Å². The lowest BCUT2D eigenvalue weighted by Crippen LogP contribution is -2.55. The molecule has 23 heavy (non-hydrogen) atoms. The molecule has 3 rings (SSSR count). The van der Waals surface area contributed by atoms with Crippen LogP contribution in [0, 0.1) is 18.7 Å². The van der Waals surface area contributed by atoms with Crippen LogP contribution in [0.1, 0.15) is 26.3 Å². The van der Waals surface area contributed by atoms with Crippen LogP contribution in [0.2, 0.25) is 0 Å². The smallest absolute Gasteiger partial charge is 0.146 e.